The standard InChI is InChI=1S/C17H19NO3/c1-11-4-6-14(19-3)13(8-11)17(18-2)12-5-7-15-16(9-12)21-10-20-15/h4-9,17-18H,10H2,1-3H3. The van der Waals surface area contributed by atoms with E-state index in [9.17, 15) is 0 Å². The molecule has 0 spiro atoms. The fourth-order valence-corrected chi connectivity index (χ4v) is 2.67. The maximum absolute atomic E-state index is 5.50. The first kappa shape index (κ1) is 13.8. The second-order valence-corrected chi connectivity index (χ2v) is 5.08. The molecule has 1 aliphatic rings. The lowest BCUT2D eigenvalue weighted by Gasteiger charge is -2.20. The number of fused-ring (bicyclic) bond motifs is 1. The highest BCUT2D eigenvalue weighted by atomic mass is 16.7. The monoisotopic (exact) mass is 285 g/mol. The molecule has 1 unspecified atom stereocenters. The predicted octanol–water partition coefficient (Wildman–Crippen LogP) is 3.04. The van der Waals surface area contributed by atoms with Gasteiger partial charge in [0.05, 0.1) is 13.2 Å². The third kappa shape index (κ3) is 2.54. The maximum atomic E-state index is 5.50. The minimum Gasteiger partial charge on any atom is -0.496 e. The van der Waals surface area contributed by atoms with Crippen molar-refractivity contribution in [2.24, 2.45) is 0 Å². The van der Waals surface area contributed by atoms with E-state index in [-0.39, 0.29) is 12.8 Å². The third-order valence-corrected chi connectivity index (χ3v) is 3.71. The van der Waals surface area contributed by atoms with Gasteiger partial charge in [-0.25, -0.2) is 0 Å². The van der Waals surface area contributed by atoms with Crippen molar-refractivity contribution in [3.63, 3.8) is 0 Å². The summed E-state index contributed by atoms with van der Waals surface area (Å²) in [7, 11) is 3.64. The average Bonchev–Trinajstić information content (AvgIpc) is 2.96. The summed E-state index contributed by atoms with van der Waals surface area (Å²) in [6, 6.07) is 12.3. The van der Waals surface area contributed by atoms with Crippen molar-refractivity contribution < 1.29 is 14.2 Å². The smallest absolute Gasteiger partial charge is 0.231 e. The van der Waals surface area contributed by atoms with Crippen molar-refractivity contribution in [2.45, 2.75) is 13.0 Å². The molecule has 3 rings (SSSR count). The molecule has 0 aromatic heterocycles. The lowest BCUT2D eigenvalue weighted by molar-refractivity contribution is 0.174. The van der Waals surface area contributed by atoms with Crippen LogP contribution in [0, 0.1) is 6.92 Å². The molecule has 0 amide bonds. The van der Waals surface area contributed by atoms with Gasteiger partial charge < -0.3 is 19.5 Å². The Morgan fingerprint density at radius 2 is 1.90 bits per heavy atom. The zero-order valence-corrected chi connectivity index (χ0v) is 12.5. The first-order valence-electron chi connectivity index (χ1n) is 6.94. The van der Waals surface area contributed by atoms with Crippen molar-refractivity contribution in [1.82, 2.24) is 5.32 Å². The number of ether oxygens (including phenoxy) is 3. The van der Waals surface area contributed by atoms with Crippen LogP contribution in [0.15, 0.2) is 36.4 Å². The summed E-state index contributed by atoms with van der Waals surface area (Å²) in [5, 5.41) is 3.35. The van der Waals surface area contributed by atoms with Crippen LogP contribution in [0.2, 0.25) is 0 Å². The largest absolute Gasteiger partial charge is 0.496 e. The topological polar surface area (TPSA) is 39.7 Å². The van der Waals surface area contributed by atoms with Crippen molar-refractivity contribution >= 4 is 0 Å². The van der Waals surface area contributed by atoms with Crippen LogP contribution in [0.3, 0.4) is 0 Å². The predicted molar refractivity (Wildman–Crippen MR) is 81.2 cm³/mol. The van der Waals surface area contributed by atoms with Crippen molar-refractivity contribution in [3.8, 4) is 17.2 Å². The number of methoxy groups -OCH3 is 1. The first-order valence-corrected chi connectivity index (χ1v) is 6.94. The molecule has 1 N–H and O–H groups in total. The van der Waals surface area contributed by atoms with E-state index in [0.29, 0.717) is 0 Å². The Hall–Kier alpha value is -2.20. The van der Waals surface area contributed by atoms with Gasteiger partial charge in [-0.2, -0.15) is 0 Å². The molecule has 4 heteroatoms. The molecule has 0 aliphatic carbocycles. The Morgan fingerprint density at radius 1 is 1.10 bits per heavy atom. The lowest BCUT2D eigenvalue weighted by Crippen LogP contribution is -2.18. The van der Waals surface area contributed by atoms with Gasteiger partial charge in [0.2, 0.25) is 6.79 Å². The summed E-state index contributed by atoms with van der Waals surface area (Å²) in [6.07, 6.45) is 0. The molecule has 1 atom stereocenters. The molecule has 0 fully saturated rings. The maximum Gasteiger partial charge on any atom is 0.231 e. The molecule has 0 saturated carbocycles. The van der Waals surface area contributed by atoms with Gasteiger partial charge in [-0.15, -0.1) is 0 Å². The number of aryl methyl sites for hydroxylation is 1. The van der Waals surface area contributed by atoms with Gasteiger partial charge in [0.1, 0.15) is 5.75 Å². The van der Waals surface area contributed by atoms with E-state index in [1.165, 1.54) is 5.56 Å². The molecule has 4 nitrogen and oxygen atoms in total. The van der Waals surface area contributed by atoms with E-state index in [4.69, 9.17) is 14.2 Å². The number of hydrogen-bond donors (Lipinski definition) is 1. The Morgan fingerprint density at radius 3 is 2.67 bits per heavy atom. The van der Waals surface area contributed by atoms with Crippen LogP contribution in [-0.4, -0.2) is 21.0 Å². The second-order valence-electron chi connectivity index (χ2n) is 5.08. The molecule has 0 saturated heterocycles. The molecule has 2 aromatic carbocycles. The molecule has 21 heavy (non-hydrogen) atoms. The fourth-order valence-electron chi connectivity index (χ4n) is 2.67. The molecule has 110 valence electrons. The van der Waals surface area contributed by atoms with E-state index < -0.39 is 0 Å². The van der Waals surface area contributed by atoms with Gasteiger partial charge in [-0.3, -0.25) is 0 Å². The molecule has 2 aromatic rings. The summed E-state index contributed by atoms with van der Waals surface area (Å²) in [5.74, 6) is 2.46. The van der Waals surface area contributed by atoms with Gasteiger partial charge in [-0.05, 0) is 37.7 Å². The number of benzene rings is 2. The molecule has 0 radical (unpaired) electrons. The van der Waals surface area contributed by atoms with Crippen molar-refractivity contribution in [2.75, 3.05) is 21.0 Å². The Kier molecular flexibility index (Phi) is 3.71. The fraction of sp³-hybridized carbons (Fsp3) is 0.294. The summed E-state index contributed by atoms with van der Waals surface area (Å²) in [5.41, 5.74) is 3.43. The van der Waals surface area contributed by atoms with E-state index in [2.05, 4.69) is 30.4 Å². The normalized spacial score (nSPS) is 14.0. The molecule has 1 heterocycles. The van der Waals surface area contributed by atoms with Crippen LogP contribution in [-0.2, 0) is 0 Å². The summed E-state index contributed by atoms with van der Waals surface area (Å²) < 4.78 is 16.3. The molecule has 1 aliphatic heterocycles. The zero-order valence-electron chi connectivity index (χ0n) is 12.5. The molecule has 0 bridgehead atoms. The first-order chi connectivity index (χ1) is 10.2. The van der Waals surface area contributed by atoms with Crippen LogP contribution in [0.5, 0.6) is 17.2 Å². The quantitative estimate of drug-likeness (QED) is 0.937. The van der Waals surface area contributed by atoms with Gasteiger partial charge in [-0.1, -0.05) is 23.8 Å². The number of nitrogens with one attached hydrogen (secondary N) is 1. The Labute approximate surface area is 124 Å². The van der Waals surface area contributed by atoms with Gasteiger partial charge in [0.25, 0.3) is 0 Å². The Balaban J connectivity index is 2.04. The highest BCUT2D eigenvalue weighted by Crippen LogP contribution is 2.37. The van der Waals surface area contributed by atoms with E-state index in [0.717, 1.165) is 28.4 Å². The van der Waals surface area contributed by atoms with Crippen LogP contribution in [0.1, 0.15) is 22.7 Å². The number of rotatable bonds is 4. The summed E-state index contributed by atoms with van der Waals surface area (Å²) in [6.45, 7) is 2.37. The van der Waals surface area contributed by atoms with E-state index >= 15 is 0 Å². The SMILES string of the molecule is CNC(c1ccc2c(c1)OCO2)c1cc(C)ccc1OC. The minimum absolute atomic E-state index is 0.0364. The number of hydrogen-bond acceptors (Lipinski definition) is 4. The highest BCUT2D eigenvalue weighted by molar-refractivity contribution is 5.49. The lowest BCUT2D eigenvalue weighted by atomic mass is 9.96. The Bertz CT molecular complexity index is 654. The van der Waals surface area contributed by atoms with Crippen LogP contribution >= 0.6 is 0 Å². The zero-order chi connectivity index (χ0) is 14.8. The summed E-state index contributed by atoms with van der Waals surface area (Å²) >= 11 is 0. The van der Waals surface area contributed by atoms with Crippen LogP contribution in [0.25, 0.3) is 0 Å². The van der Waals surface area contributed by atoms with Crippen molar-refractivity contribution in [1.29, 1.82) is 0 Å². The summed E-state index contributed by atoms with van der Waals surface area (Å²) in [4.78, 5) is 0. The van der Waals surface area contributed by atoms with E-state index in [1.807, 2.05) is 25.2 Å². The molecular weight excluding hydrogens is 266 g/mol. The van der Waals surface area contributed by atoms with E-state index in [1.54, 1.807) is 7.11 Å². The van der Waals surface area contributed by atoms with Crippen molar-refractivity contribution in [3.05, 3.63) is 53.1 Å². The van der Waals surface area contributed by atoms with Gasteiger partial charge in [0, 0.05) is 5.56 Å². The average molecular weight is 285 g/mol. The third-order valence-electron chi connectivity index (χ3n) is 3.71. The molecular formula is C17H19NO3. The minimum atomic E-state index is 0.0364. The van der Waals surface area contributed by atoms with Gasteiger partial charge in [0.15, 0.2) is 11.5 Å². The van der Waals surface area contributed by atoms with Gasteiger partial charge >= 0.3 is 0 Å². The van der Waals surface area contributed by atoms with Crippen LogP contribution in [0.4, 0.5) is 0 Å². The second kappa shape index (κ2) is 5.66. The van der Waals surface area contributed by atoms with Crippen LogP contribution < -0.4 is 19.5 Å². The highest BCUT2D eigenvalue weighted by Gasteiger charge is 2.20.